The highest BCUT2D eigenvalue weighted by molar-refractivity contribution is 5.85. The van der Waals surface area contributed by atoms with Crippen LogP contribution in [-0.4, -0.2) is 42.5 Å². The molecule has 0 radical (unpaired) electrons. The first-order valence-corrected chi connectivity index (χ1v) is 7.78. The average molecular weight is 348 g/mol. The van der Waals surface area contributed by atoms with E-state index in [1.165, 1.54) is 7.11 Å². The fourth-order valence-electron chi connectivity index (χ4n) is 1.99. The van der Waals surface area contributed by atoms with E-state index in [1.54, 1.807) is 13.8 Å². The van der Waals surface area contributed by atoms with Crippen molar-refractivity contribution in [1.82, 2.24) is 0 Å². The number of benzene rings is 1. The molecule has 0 aliphatic rings. The summed E-state index contributed by atoms with van der Waals surface area (Å²) in [6.45, 7) is 3.94. The third kappa shape index (κ3) is 6.96. The number of carbonyl (C=O) groups excluding carboxylic acids is 2. The molecular formula is C19H24O6. The van der Waals surface area contributed by atoms with Crippen LogP contribution in [0.5, 0.6) is 0 Å². The Morgan fingerprint density at radius 1 is 1.12 bits per heavy atom. The van der Waals surface area contributed by atoms with Crippen LogP contribution >= 0.6 is 0 Å². The number of ether oxygens (including phenoxy) is 3. The summed E-state index contributed by atoms with van der Waals surface area (Å²) < 4.78 is 14.8. The topological polar surface area (TPSA) is 82.1 Å². The Morgan fingerprint density at radius 2 is 1.76 bits per heavy atom. The lowest BCUT2D eigenvalue weighted by Gasteiger charge is -2.22. The summed E-state index contributed by atoms with van der Waals surface area (Å²) in [5.74, 6) is 3.91. The highest BCUT2D eigenvalue weighted by Gasteiger charge is 2.39. The lowest BCUT2D eigenvalue weighted by Crippen LogP contribution is -2.41. The number of aliphatic hydroxyl groups is 1. The lowest BCUT2D eigenvalue weighted by molar-refractivity contribution is -0.168. The summed E-state index contributed by atoms with van der Waals surface area (Å²) >= 11 is 0. The van der Waals surface area contributed by atoms with Gasteiger partial charge in [-0.15, -0.1) is 0 Å². The molecule has 25 heavy (non-hydrogen) atoms. The van der Waals surface area contributed by atoms with E-state index in [2.05, 4.69) is 21.3 Å². The van der Waals surface area contributed by atoms with Crippen LogP contribution in [0.25, 0.3) is 0 Å². The second kappa shape index (κ2) is 9.21. The van der Waals surface area contributed by atoms with Gasteiger partial charge in [0.05, 0.1) is 27.2 Å². The molecule has 1 rings (SSSR count). The van der Waals surface area contributed by atoms with Crippen molar-refractivity contribution in [1.29, 1.82) is 0 Å². The number of esters is 2. The Balaban J connectivity index is 2.74. The molecule has 0 aromatic heterocycles. The number of carbonyl (C=O) groups is 2. The molecule has 0 saturated heterocycles. The van der Waals surface area contributed by atoms with Crippen molar-refractivity contribution in [2.75, 3.05) is 14.2 Å². The van der Waals surface area contributed by atoms with Crippen LogP contribution in [0.15, 0.2) is 30.3 Å². The van der Waals surface area contributed by atoms with Crippen molar-refractivity contribution in [2.45, 2.75) is 44.5 Å². The maximum Gasteiger partial charge on any atom is 0.339 e. The Morgan fingerprint density at radius 3 is 2.32 bits per heavy atom. The molecule has 0 aliphatic carbocycles. The standard InChI is InChI=1S/C19H24O6/c1-18(2,25-14-15-9-6-5-7-10-15)11-8-12-19(22,17(21)24-4)13-16(20)23-3/h5-7,9-10,22H,12-14H2,1-4H3. The van der Waals surface area contributed by atoms with Gasteiger partial charge in [0.15, 0.2) is 5.60 Å². The number of hydrogen-bond acceptors (Lipinski definition) is 6. The fourth-order valence-corrected chi connectivity index (χ4v) is 1.99. The molecule has 0 amide bonds. The van der Waals surface area contributed by atoms with Crippen LogP contribution in [0.1, 0.15) is 32.3 Å². The molecule has 0 saturated carbocycles. The first kappa shape index (κ1) is 20.7. The maximum absolute atomic E-state index is 11.8. The van der Waals surface area contributed by atoms with Gasteiger partial charge in [0, 0.05) is 6.42 Å². The van der Waals surface area contributed by atoms with Gasteiger partial charge in [0.2, 0.25) is 0 Å². The highest BCUT2D eigenvalue weighted by Crippen LogP contribution is 2.19. The molecule has 1 unspecified atom stereocenters. The Labute approximate surface area is 148 Å². The zero-order valence-corrected chi connectivity index (χ0v) is 15.0. The van der Waals surface area contributed by atoms with Gasteiger partial charge in [0.1, 0.15) is 5.60 Å². The maximum atomic E-state index is 11.8. The van der Waals surface area contributed by atoms with Gasteiger partial charge in [-0.3, -0.25) is 4.79 Å². The van der Waals surface area contributed by atoms with E-state index < -0.39 is 29.6 Å². The average Bonchev–Trinajstić information content (AvgIpc) is 2.59. The van der Waals surface area contributed by atoms with Crippen LogP contribution in [0.4, 0.5) is 0 Å². The molecule has 1 N–H and O–H groups in total. The van der Waals surface area contributed by atoms with Gasteiger partial charge in [-0.1, -0.05) is 42.2 Å². The zero-order valence-electron chi connectivity index (χ0n) is 15.0. The molecule has 0 bridgehead atoms. The van der Waals surface area contributed by atoms with Crippen molar-refractivity contribution in [2.24, 2.45) is 0 Å². The largest absolute Gasteiger partial charge is 0.469 e. The minimum Gasteiger partial charge on any atom is -0.469 e. The summed E-state index contributed by atoms with van der Waals surface area (Å²) in [7, 11) is 2.30. The molecular weight excluding hydrogens is 324 g/mol. The van der Waals surface area contributed by atoms with Gasteiger partial charge >= 0.3 is 11.9 Å². The summed E-state index contributed by atoms with van der Waals surface area (Å²) in [4.78, 5) is 23.2. The molecule has 1 aromatic carbocycles. The quantitative estimate of drug-likeness (QED) is 0.598. The van der Waals surface area contributed by atoms with Gasteiger partial charge in [0.25, 0.3) is 0 Å². The van der Waals surface area contributed by atoms with Crippen molar-refractivity contribution in [3.8, 4) is 11.8 Å². The Hall–Kier alpha value is -2.36. The van der Waals surface area contributed by atoms with Crippen molar-refractivity contribution in [3.05, 3.63) is 35.9 Å². The minimum atomic E-state index is -2.05. The van der Waals surface area contributed by atoms with E-state index in [9.17, 15) is 14.7 Å². The second-order valence-corrected chi connectivity index (χ2v) is 6.04. The first-order valence-electron chi connectivity index (χ1n) is 7.78. The minimum absolute atomic E-state index is 0.271. The molecule has 136 valence electrons. The van der Waals surface area contributed by atoms with Crippen molar-refractivity contribution < 1.29 is 28.9 Å². The van der Waals surface area contributed by atoms with Crippen molar-refractivity contribution in [3.63, 3.8) is 0 Å². The van der Waals surface area contributed by atoms with E-state index >= 15 is 0 Å². The summed E-state index contributed by atoms with van der Waals surface area (Å²) in [6.07, 6.45) is -0.803. The molecule has 0 fully saturated rings. The number of methoxy groups -OCH3 is 2. The molecule has 1 atom stereocenters. The second-order valence-electron chi connectivity index (χ2n) is 6.04. The Kier molecular flexibility index (Phi) is 7.62. The van der Waals surface area contributed by atoms with Crippen LogP contribution in [0, 0.1) is 11.8 Å². The van der Waals surface area contributed by atoms with Crippen LogP contribution < -0.4 is 0 Å². The molecule has 0 spiro atoms. The predicted octanol–water partition coefficient (Wildman–Crippen LogP) is 1.84. The predicted molar refractivity (Wildman–Crippen MR) is 91.3 cm³/mol. The highest BCUT2D eigenvalue weighted by atomic mass is 16.5. The van der Waals surface area contributed by atoms with E-state index in [0.717, 1.165) is 12.7 Å². The van der Waals surface area contributed by atoms with Gasteiger partial charge < -0.3 is 19.3 Å². The number of rotatable bonds is 7. The van der Waals surface area contributed by atoms with Crippen LogP contribution in [0.2, 0.25) is 0 Å². The number of hydrogen-bond donors (Lipinski definition) is 1. The normalized spacial score (nSPS) is 13.2. The monoisotopic (exact) mass is 348 g/mol. The molecule has 0 heterocycles. The Bertz CT molecular complexity index is 641. The van der Waals surface area contributed by atoms with E-state index in [1.807, 2.05) is 30.3 Å². The lowest BCUT2D eigenvalue weighted by atomic mass is 9.95. The van der Waals surface area contributed by atoms with Crippen LogP contribution in [-0.2, 0) is 30.4 Å². The summed E-state index contributed by atoms with van der Waals surface area (Å²) in [5, 5.41) is 10.4. The van der Waals surface area contributed by atoms with Gasteiger partial charge in [-0.2, -0.15) is 0 Å². The van der Waals surface area contributed by atoms with E-state index in [4.69, 9.17) is 4.74 Å². The molecule has 6 nitrogen and oxygen atoms in total. The molecule has 6 heteroatoms. The summed E-state index contributed by atoms with van der Waals surface area (Å²) in [6, 6.07) is 9.64. The smallest absolute Gasteiger partial charge is 0.339 e. The summed E-state index contributed by atoms with van der Waals surface area (Å²) in [5.41, 5.74) is -1.84. The van der Waals surface area contributed by atoms with E-state index in [-0.39, 0.29) is 6.42 Å². The van der Waals surface area contributed by atoms with Gasteiger partial charge in [-0.05, 0) is 19.4 Å². The SMILES string of the molecule is COC(=O)CC(O)(CC#CC(C)(C)OCc1ccccc1)C(=O)OC. The van der Waals surface area contributed by atoms with Crippen molar-refractivity contribution >= 4 is 11.9 Å². The third-order valence-corrected chi connectivity index (χ3v) is 3.44. The van der Waals surface area contributed by atoms with Gasteiger partial charge in [-0.25, -0.2) is 4.79 Å². The zero-order chi connectivity index (χ0) is 18.9. The molecule has 0 aliphatic heterocycles. The van der Waals surface area contributed by atoms with E-state index in [0.29, 0.717) is 6.61 Å². The fraction of sp³-hybridized carbons (Fsp3) is 0.474. The molecule has 1 aromatic rings. The van der Waals surface area contributed by atoms with Crippen LogP contribution in [0.3, 0.4) is 0 Å². The third-order valence-electron chi connectivity index (χ3n) is 3.44. The first-order chi connectivity index (χ1) is 11.7.